The van der Waals surface area contributed by atoms with Crippen LogP contribution in [0.5, 0.6) is 0 Å². The van der Waals surface area contributed by atoms with Crippen LogP contribution in [-0.2, 0) is 0 Å². The molecule has 1 aromatic rings. The van der Waals surface area contributed by atoms with Gasteiger partial charge < -0.3 is 5.32 Å². The van der Waals surface area contributed by atoms with E-state index < -0.39 is 17.1 Å². The molecule has 4 heteroatoms. The Kier molecular flexibility index (Phi) is 3.00. The summed E-state index contributed by atoms with van der Waals surface area (Å²) in [6.07, 6.45) is 0. The number of rotatable bonds is 2. The van der Waals surface area contributed by atoms with Crippen LogP contribution >= 0.6 is 11.6 Å². The number of halogens is 3. The van der Waals surface area contributed by atoms with Gasteiger partial charge >= 0.3 is 0 Å². The number of hydrogen-bond donors (Lipinski definition) is 1. The lowest BCUT2D eigenvalue weighted by atomic mass is 10.2. The van der Waals surface area contributed by atoms with Crippen molar-refractivity contribution in [3.8, 4) is 0 Å². The van der Waals surface area contributed by atoms with Crippen molar-refractivity contribution in [1.29, 1.82) is 0 Å². The van der Waals surface area contributed by atoms with Gasteiger partial charge in [0, 0.05) is 0 Å². The van der Waals surface area contributed by atoms with E-state index in [2.05, 4.69) is 5.32 Å². The monoisotopic (exact) mass is 191 g/mol. The smallest absolute Gasteiger partial charge is 0.159 e. The summed E-state index contributed by atoms with van der Waals surface area (Å²) in [7, 11) is 1.64. The highest BCUT2D eigenvalue weighted by Gasteiger charge is 2.07. The minimum absolute atomic E-state index is 0.486. The normalized spacial score (nSPS) is 13.0. The standard InChI is InChI=1S/C8H8ClF2N/c1-12-8(9)5-2-3-6(10)7(11)4-5/h2-4,8,12H,1H3. The Hall–Kier alpha value is -0.670. The van der Waals surface area contributed by atoms with Gasteiger partial charge in [0.05, 0.1) is 0 Å². The molecule has 1 nitrogen and oxygen atoms in total. The molecule has 0 saturated heterocycles. The van der Waals surface area contributed by atoms with E-state index in [9.17, 15) is 8.78 Å². The van der Waals surface area contributed by atoms with E-state index in [0.29, 0.717) is 5.56 Å². The second kappa shape index (κ2) is 3.83. The van der Waals surface area contributed by atoms with Crippen molar-refractivity contribution in [2.24, 2.45) is 0 Å². The molecule has 0 amide bonds. The fraction of sp³-hybridized carbons (Fsp3) is 0.250. The summed E-state index contributed by atoms with van der Waals surface area (Å²) in [6, 6.07) is 3.56. The van der Waals surface area contributed by atoms with Crippen molar-refractivity contribution in [1.82, 2.24) is 5.32 Å². The third-order valence-electron chi connectivity index (χ3n) is 1.49. The van der Waals surface area contributed by atoms with E-state index in [-0.39, 0.29) is 0 Å². The van der Waals surface area contributed by atoms with Gasteiger partial charge in [-0.3, -0.25) is 0 Å². The van der Waals surface area contributed by atoms with Crippen LogP contribution in [0.15, 0.2) is 18.2 Å². The summed E-state index contributed by atoms with van der Waals surface area (Å²) in [5.74, 6) is -1.74. The van der Waals surface area contributed by atoms with Crippen LogP contribution in [0.3, 0.4) is 0 Å². The molecular formula is C8H8ClF2N. The molecule has 66 valence electrons. The van der Waals surface area contributed by atoms with Crippen molar-refractivity contribution >= 4 is 11.6 Å². The highest BCUT2D eigenvalue weighted by Crippen LogP contribution is 2.18. The highest BCUT2D eigenvalue weighted by atomic mass is 35.5. The molecule has 0 aliphatic rings. The summed E-state index contributed by atoms with van der Waals surface area (Å²) >= 11 is 5.71. The van der Waals surface area contributed by atoms with Gasteiger partial charge in [-0.1, -0.05) is 6.07 Å². The van der Waals surface area contributed by atoms with Crippen molar-refractivity contribution in [3.05, 3.63) is 35.4 Å². The first-order valence-corrected chi connectivity index (χ1v) is 3.85. The maximum Gasteiger partial charge on any atom is 0.159 e. The Morgan fingerprint density at radius 2 is 2.00 bits per heavy atom. The summed E-state index contributed by atoms with van der Waals surface area (Å²) in [4.78, 5) is 0. The van der Waals surface area contributed by atoms with Gasteiger partial charge in [0.15, 0.2) is 11.6 Å². The van der Waals surface area contributed by atoms with E-state index in [1.807, 2.05) is 0 Å². The van der Waals surface area contributed by atoms with Gasteiger partial charge in [0.1, 0.15) is 5.50 Å². The maximum absolute atomic E-state index is 12.6. The third-order valence-corrected chi connectivity index (χ3v) is 1.96. The second-order valence-electron chi connectivity index (χ2n) is 2.32. The summed E-state index contributed by atoms with van der Waals surface area (Å²) in [5, 5.41) is 2.70. The molecule has 0 aromatic heterocycles. The lowest BCUT2D eigenvalue weighted by molar-refractivity contribution is 0.506. The molecule has 1 unspecified atom stereocenters. The Bertz CT molecular complexity index is 278. The van der Waals surface area contributed by atoms with Crippen LogP contribution < -0.4 is 5.32 Å². The highest BCUT2D eigenvalue weighted by molar-refractivity contribution is 6.20. The molecule has 0 heterocycles. The fourth-order valence-corrected chi connectivity index (χ4v) is 0.972. The molecule has 0 saturated carbocycles. The Labute approximate surface area is 74.3 Å². The summed E-state index contributed by atoms with van der Waals surface area (Å²) < 4.78 is 25.0. The first-order valence-electron chi connectivity index (χ1n) is 3.41. The van der Waals surface area contributed by atoms with E-state index >= 15 is 0 Å². The largest absolute Gasteiger partial charge is 0.301 e. The predicted molar refractivity (Wildman–Crippen MR) is 44.0 cm³/mol. The first-order chi connectivity index (χ1) is 5.65. The van der Waals surface area contributed by atoms with Gasteiger partial charge in [-0.15, -0.1) is 11.6 Å². The zero-order valence-electron chi connectivity index (χ0n) is 6.44. The second-order valence-corrected chi connectivity index (χ2v) is 2.76. The molecular weight excluding hydrogens is 184 g/mol. The molecule has 0 bridgehead atoms. The van der Waals surface area contributed by atoms with Gasteiger partial charge in [-0.25, -0.2) is 8.78 Å². The number of hydrogen-bond acceptors (Lipinski definition) is 1. The zero-order chi connectivity index (χ0) is 9.14. The van der Waals surface area contributed by atoms with Crippen LogP contribution in [0.4, 0.5) is 8.78 Å². The Morgan fingerprint density at radius 3 is 2.50 bits per heavy atom. The van der Waals surface area contributed by atoms with Crippen LogP contribution in [0.25, 0.3) is 0 Å². The van der Waals surface area contributed by atoms with Gasteiger partial charge in [-0.05, 0) is 24.7 Å². The van der Waals surface area contributed by atoms with Crippen molar-refractivity contribution in [3.63, 3.8) is 0 Å². The minimum Gasteiger partial charge on any atom is -0.301 e. The quantitative estimate of drug-likeness (QED) is 0.559. The molecule has 1 rings (SSSR count). The van der Waals surface area contributed by atoms with Crippen LogP contribution in [0, 0.1) is 11.6 Å². The van der Waals surface area contributed by atoms with Crippen molar-refractivity contribution in [2.45, 2.75) is 5.50 Å². The molecule has 1 aromatic carbocycles. The molecule has 0 radical (unpaired) electrons. The average Bonchev–Trinajstić information content (AvgIpc) is 2.08. The third kappa shape index (κ3) is 1.93. The number of nitrogens with one attached hydrogen (secondary N) is 1. The van der Waals surface area contributed by atoms with Crippen LogP contribution in [-0.4, -0.2) is 7.05 Å². The number of benzene rings is 1. The predicted octanol–water partition coefficient (Wildman–Crippen LogP) is 2.42. The van der Waals surface area contributed by atoms with Gasteiger partial charge in [0.2, 0.25) is 0 Å². The minimum atomic E-state index is -0.881. The fourth-order valence-electron chi connectivity index (χ4n) is 0.837. The van der Waals surface area contributed by atoms with Crippen LogP contribution in [0.2, 0.25) is 0 Å². The molecule has 12 heavy (non-hydrogen) atoms. The SMILES string of the molecule is CNC(Cl)c1ccc(F)c(F)c1. The molecule has 0 aliphatic heterocycles. The zero-order valence-corrected chi connectivity index (χ0v) is 7.20. The lowest BCUT2D eigenvalue weighted by Crippen LogP contribution is -2.10. The molecule has 0 fully saturated rings. The van der Waals surface area contributed by atoms with Gasteiger partial charge in [-0.2, -0.15) is 0 Å². The van der Waals surface area contributed by atoms with Crippen molar-refractivity contribution < 1.29 is 8.78 Å². The first kappa shape index (κ1) is 9.42. The number of alkyl halides is 1. The molecule has 1 atom stereocenters. The maximum atomic E-state index is 12.6. The van der Waals surface area contributed by atoms with Crippen LogP contribution in [0.1, 0.15) is 11.1 Å². The van der Waals surface area contributed by atoms with Crippen molar-refractivity contribution in [2.75, 3.05) is 7.05 Å². The average molecular weight is 192 g/mol. The van der Waals surface area contributed by atoms with Gasteiger partial charge in [0.25, 0.3) is 0 Å². The molecule has 0 spiro atoms. The lowest BCUT2D eigenvalue weighted by Gasteiger charge is -2.07. The van der Waals surface area contributed by atoms with E-state index in [1.54, 1.807) is 7.05 Å². The topological polar surface area (TPSA) is 12.0 Å². The van der Waals surface area contributed by atoms with E-state index in [0.717, 1.165) is 12.1 Å². The Morgan fingerprint density at radius 1 is 1.33 bits per heavy atom. The summed E-state index contributed by atoms with van der Waals surface area (Å²) in [6.45, 7) is 0. The van der Waals surface area contributed by atoms with E-state index in [1.165, 1.54) is 6.07 Å². The van der Waals surface area contributed by atoms with E-state index in [4.69, 9.17) is 11.6 Å². The molecule has 0 aliphatic carbocycles. The molecule has 1 N–H and O–H groups in total. The Balaban J connectivity index is 2.96. The summed E-state index contributed by atoms with van der Waals surface area (Å²) in [5.41, 5.74) is 0.0261.